The quantitative estimate of drug-likeness (QED) is 0.758. The Hall–Kier alpha value is -2.15. The van der Waals surface area contributed by atoms with Crippen molar-refractivity contribution in [3.63, 3.8) is 0 Å². The summed E-state index contributed by atoms with van der Waals surface area (Å²) in [5.41, 5.74) is 0.785. The standard InChI is InChI=1S/C22H28FNO5/c1-22(2,3)29-21(27)19-15-9-24(10-16(15)19)18-5-4-12(7-17(18)23)6-13-8-14(11-25)28-20(13)26/h4-5,7,13-16,19,25H,6,8-11H2,1-3H3/t13?,14-,15-,16?,19?/m1/s1. The summed E-state index contributed by atoms with van der Waals surface area (Å²) in [4.78, 5) is 26.1. The summed E-state index contributed by atoms with van der Waals surface area (Å²) in [7, 11) is 0. The highest BCUT2D eigenvalue weighted by Crippen LogP contribution is 2.53. The second-order valence-corrected chi connectivity index (χ2v) is 9.46. The highest BCUT2D eigenvalue weighted by atomic mass is 19.1. The van der Waals surface area contributed by atoms with Gasteiger partial charge >= 0.3 is 11.9 Å². The van der Waals surface area contributed by atoms with E-state index in [2.05, 4.69) is 0 Å². The minimum absolute atomic E-state index is 0.0688. The maximum Gasteiger partial charge on any atom is 0.310 e. The molecule has 3 fully saturated rings. The Morgan fingerprint density at radius 1 is 1.31 bits per heavy atom. The number of benzene rings is 1. The van der Waals surface area contributed by atoms with Gasteiger partial charge in [0.2, 0.25) is 0 Å². The first kappa shape index (κ1) is 20.1. The predicted molar refractivity (Wildman–Crippen MR) is 104 cm³/mol. The summed E-state index contributed by atoms with van der Waals surface area (Å²) < 4.78 is 25.3. The zero-order chi connectivity index (χ0) is 20.9. The number of anilines is 1. The van der Waals surface area contributed by atoms with Gasteiger partial charge in [-0.25, -0.2) is 4.39 Å². The maximum atomic E-state index is 14.7. The lowest BCUT2D eigenvalue weighted by Crippen LogP contribution is -2.30. The molecule has 29 heavy (non-hydrogen) atoms. The number of ether oxygens (including phenoxy) is 2. The lowest BCUT2D eigenvalue weighted by atomic mass is 9.96. The van der Waals surface area contributed by atoms with E-state index in [1.807, 2.05) is 31.7 Å². The van der Waals surface area contributed by atoms with Crippen LogP contribution in [0.2, 0.25) is 0 Å². The Kier molecular flexibility index (Phi) is 5.05. The molecule has 0 amide bonds. The van der Waals surface area contributed by atoms with Gasteiger partial charge in [-0.15, -0.1) is 0 Å². The first-order valence-electron chi connectivity index (χ1n) is 10.2. The monoisotopic (exact) mass is 405 g/mol. The molecular formula is C22H28FNO5. The molecular weight excluding hydrogens is 377 g/mol. The minimum Gasteiger partial charge on any atom is -0.460 e. The van der Waals surface area contributed by atoms with Gasteiger partial charge < -0.3 is 19.5 Å². The average molecular weight is 405 g/mol. The number of piperidine rings is 1. The SMILES string of the molecule is CC(C)(C)OC(=O)C1C2CN(c3ccc(CC4C[C@H](CO)OC4=O)cc3F)C[C@H]21. The van der Waals surface area contributed by atoms with Crippen molar-refractivity contribution in [1.29, 1.82) is 0 Å². The smallest absolute Gasteiger partial charge is 0.310 e. The van der Waals surface area contributed by atoms with Crippen molar-refractivity contribution in [3.05, 3.63) is 29.6 Å². The molecule has 2 saturated heterocycles. The molecule has 4 rings (SSSR count). The Morgan fingerprint density at radius 2 is 2.00 bits per heavy atom. The molecule has 6 nitrogen and oxygen atoms in total. The molecule has 1 aromatic rings. The molecule has 2 aliphatic heterocycles. The third-order valence-corrected chi connectivity index (χ3v) is 6.08. The highest BCUT2D eigenvalue weighted by Gasteiger charge is 2.61. The summed E-state index contributed by atoms with van der Waals surface area (Å²) in [6.07, 6.45) is 0.407. The van der Waals surface area contributed by atoms with E-state index in [0.717, 1.165) is 5.56 Å². The first-order chi connectivity index (χ1) is 13.7. The number of hydrogen-bond acceptors (Lipinski definition) is 6. The first-order valence-corrected chi connectivity index (χ1v) is 10.2. The third-order valence-electron chi connectivity index (χ3n) is 6.08. The van der Waals surface area contributed by atoms with Crippen LogP contribution in [-0.2, 0) is 25.5 Å². The van der Waals surface area contributed by atoms with Crippen LogP contribution in [0.1, 0.15) is 32.8 Å². The summed E-state index contributed by atoms with van der Waals surface area (Å²) in [6, 6.07) is 5.07. The number of aliphatic hydroxyl groups is 1. The second kappa shape index (κ2) is 7.27. The number of carbonyl (C=O) groups is 2. The molecule has 5 atom stereocenters. The van der Waals surface area contributed by atoms with Gasteiger partial charge in [-0.1, -0.05) is 6.07 Å². The number of rotatable bonds is 5. The fourth-order valence-electron chi connectivity index (χ4n) is 4.66. The number of nitrogens with zero attached hydrogens (tertiary/aromatic N) is 1. The van der Waals surface area contributed by atoms with Crippen LogP contribution in [0.4, 0.5) is 10.1 Å². The Labute approximate surface area is 170 Å². The van der Waals surface area contributed by atoms with Crippen molar-refractivity contribution in [2.75, 3.05) is 24.6 Å². The molecule has 3 unspecified atom stereocenters. The van der Waals surface area contributed by atoms with Crippen LogP contribution >= 0.6 is 0 Å². The molecule has 1 N–H and O–H groups in total. The van der Waals surface area contributed by atoms with Crippen molar-refractivity contribution in [3.8, 4) is 0 Å². The number of hydrogen-bond donors (Lipinski definition) is 1. The second-order valence-electron chi connectivity index (χ2n) is 9.46. The zero-order valence-electron chi connectivity index (χ0n) is 17.1. The van der Waals surface area contributed by atoms with Gasteiger partial charge in [0, 0.05) is 19.5 Å². The molecule has 0 aromatic heterocycles. The summed E-state index contributed by atoms with van der Waals surface area (Å²) in [6.45, 7) is 6.71. The van der Waals surface area contributed by atoms with Gasteiger partial charge in [0.1, 0.15) is 17.5 Å². The van der Waals surface area contributed by atoms with Crippen molar-refractivity contribution in [1.82, 2.24) is 0 Å². The number of aliphatic hydroxyl groups excluding tert-OH is 1. The topological polar surface area (TPSA) is 76.1 Å². The molecule has 158 valence electrons. The van der Waals surface area contributed by atoms with Gasteiger partial charge in [0.05, 0.1) is 24.1 Å². The Balaban J connectivity index is 1.35. The Bertz CT molecular complexity index is 808. The third kappa shape index (κ3) is 4.10. The number of cyclic esters (lactones) is 1. The van der Waals surface area contributed by atoms with Crippen molar-refractivity contribution in [2.24, 2.45) is 23.7 Å². The molecule has 7 heteroatoms. The van der Waals surface area contributed by atoms with E-state index in [0.29, 0.717) is 31.6 Å². The number of esters is 2. The van der Waals surface area contributed by atoms with E-state index in [1.165, 1.54) is 6.07 Å². The number of fused-ring (bicyclic) bond motifs is 1. The van der Waals surface area contributed by atoms with E-state index in [9.17, 15) is 14.0 Å². The predicted octanol–water partition coefficient (Wildman–Crippen LogP) is 2.32. The van der Waals surface area contributed by atoms with E-state index < -0.39 is 11.7 Å². The fourth-order valence-corrected chi connectivity index (χ4v) is 4.66. The van der Waals surface area contributed by atoms with E-state index >= 15 is 0 Å². The van der Waals surface area contributed by atoms with Gasteiger partial charge in [0.25, 0.3) is 0 Å². The van der Waals surface area contributed by atoms with Crippen LogP contribution in [0.5, 0.6) is 0 Å². The van der Waals surface area contributed by atoms with E-state index in [4.69, 9.17) is 14.6 Å². The molecule has 1 aromatic carbocycles. The average Bonchev–Trinajstić information content (AvgIpc) is 2.94. The number of carbonyl (C=O) groups excluding carboxylic acids is 2. The minimum atomic E-state index is -0.488. The zero-order valence-corrected chi connectivity index (χ0v) is 17.1. The van der Waals surface area contributed by atoms with Crippen LogP contribution in [-0.4, -0.2) is 48.4 Å². The van der Waals surface area contributed by atoms with Crippen molar-refractivity contribution < 1.29 is 28.6 Å². The molecule has 3 aliphatic rings. The summed E-state index contributed by atoms with van der Waals surface area (Å²) in [5, 5.41) is 9.13. The molecule has 0 spiro atoms. The van der Waals surface area contributed by atoms with Crippen molar-refractivity contribution in [2.45, 2.75) is 45.3 Å². The summed E-state index contributed by atoms with van der Waals surface area (Å²) in [5.74, 6) is -0.746. The Morgan fingerprint density at radius 3 is 2.55 bits per heavy atom. The van der Waals surface area contributed by atoms with Crippen molar-refractivity contribution >= 4 is 17.6 Å². The highest BCUT2D eigenvalue weighted by molar-refractivity contribution is 5.78. The van der Waals surface area contributed by atoms with Crippen LogP contribution in [0.3, 0.4) is 0 Å². The van der Waals surface area contributed by atoms with Crippen LogP contribution < -0.4 is 4.90 Å². The van der Waals surface area contributed by atoms with Gasteiger partial charge in [-0.2, -0.15) is 0 Å². The maximum absolute atomic E-state index is 14.7. The molecule has 0 bridgehead atoms. The largest absolute Gasteiger partial charge is 0.460 e. The van der Waals surface area contributed by atoms with E-state index in [-0.39, 0.29) is 48.0 Å². The van der Waals surface area contributed by atoms with Gasteiger partial charge in [0.15, 0.2) is 0 Å². The normalized spacial score (nSPS) is 30.9. The van der Waals surface area contributed by atoms with Crippen LogP contribution in [0.15, 0.2) is 18.2 Å². The lowest BCUT2D eigenvalue weighted by Gasteiger charge is -2.24. The van der Waals surface area contributed by atoms with E-state index in [1.54, 1.807) is 6.07 Å². The van der Waals surface area contributed by atoms with Gasteiger partial charge in [-0.05, 0) is 56.7 Å². The fraction of sp³-hybridized carbons (Fsp3) is 0.636. The molecule has 1 saturated carbocycles. The van der Waals surface area contributed by atoms with Gasteiger partial charge in [-0.3, -0.25) is 9.59 Å². The molecule has 0 radical (unpaired) electrons. The van der Waals surface area contributed by atoms with Crippen LogP contribution in [0, 0.1) is 29.5 Å². The van der Waals surface area contributed by atoms with Crippen LogP contribution in [0.25, 0.3) is 0 Å². The number of halogens is 1. The molecule has 2 heterocycles. The summed E-state index contributed by atoms with van der Waals surface area (Å²) >= 11 is 0. The lowest BCUT2D eigenvalue weighted by molar-refractivity contribution is -0.157. The molecule has 1 aliphatic carbocycles.